The predicted molar refractivity (Wildman–Crippen MR) is 105 cm³/mol. The van der Waals surface area contributed by atoms with Crippen LogP contribution in [-0.4, -0.2) is 19.7 Å². The molecule has 0 saturated carbocycles. The van der Waals surface area contributed by atoms with Crippen LogP contribution in [0, 0.1) is 39.0 Å². The third-order valence-electron chi connectivity index (χ3n) is 4.38. The van der Waals surface area contributed by atoms with Crippen molar-refractivity contribution >= 4 is 17.2 Å². The number of aryl methyl sites for hydroxylation is 3. The lowest BCUT2D eigenvalue weighted by Gasteiger charge is -2.12. The Morgan fingerprint density at radius 3 is 2.35 bits per heavy atom. The molecule has 3 heterocycles. The van der Waals surface area contributed by atoms with Crippen molar-refractivity contribution in [1.29, 1.82) is 5.26 Å². The molecule has 0 unspecified atom stereocenters. The summed E-state index contributed by atoms with van der Waals surface area (Å²) in [6, 6.07) is 4.39. The van der Waals surface area contributed by atoms with Crippen molar-refractivity contribution in [3.8, 4) is 27.8 Å². The smallest absolute Gasteiger partial charge is 0.142 e. The van der Waals surface area contributed by atoms with Crippen LogP contribution < -0.4 is 5.73 Å². The molecule has 0 bridgehead atoms. The van der Waals surface area contributed by atoms with Crippen molar-refractivity contribution in [3.05, 3.63) is 33.7 Å². The molecule has 2 N–H and O–H groups in total. The van der Waals surface area contributed by atoms with Gasteiger partial charge in [-0.2, -0.15) is 10.4 Å². The van der Waals surface area contributed by atoms with Gasteiger partial charge in [0, 0.05) is 22.9 Å². The molecule has 3 aromatic heterocycles. The van der Waals surface area contributed by atoms with Gasteiger partial charge in [0.1, 0.15) is 17.5 Å². The Bertz CT molecular complexity index is 1040. The highest BCUT2D eigenvalue weighted by molar-refractivity contribution is 7.15. The Morgan fingerprint density at radius 2 is 1.85 bits per heavy atom. The third-order valence-corrected chi connectivity index (χ3v) is 5.47. The number of thiazole rings is 1. The summed E-state index contributed by atoms with van der Waals surface area (Å²) in [5.74, 6) is 0.238. The molecule has 0 aromatic carbocycles. The van der Waals surface area contributed by atoms with Gasteiger partial charge in [-0.3, -0.25) is 4.68 Å². The van der Waals surface area contributed by atoms with E-state index in [1.807, 2.05) is 38.4 Å². The summed E-state index contributed by atoms with van der Waals surface area (Å²) < 4.78 is 1.98. The van der Waals surface area contributed by atoms with E-state index >= 15 is 0 Å². The summed E-state index contributed by atoms with van der Waals surface area (Å²) in [5, 5.41) is 15.3. The van der Waals surface area contributed by atoms with Crippen molar-refractivity contribution in [3.63, 3.8) is 0 Å². The highest BCUT2D eigenvalue weighted by Gasteiger charge is 2.22. The molecular formula is C19H22N6S. The van der Waals surface area contributed by atoms with E-state index in [1.54, 1.807) is 11.3 Å². The fourth-order valence-electron chi connectivity index (χ4n) is 3.32. The largest absolute Gasteiger partial charge is 0.383 e. The lowest BCUT2D eigenvalue weighted by molar-refractivity contribution is 0.516. The van der Waals surface area contributed by atoms with Crippen LogP contribution in [0.3, 0.4) is 0 Å². The fourth-order valence-corrected chi connectivity index (χ4v) is 4.20. The van der Waals surface area contributed by atoms with Crippen molar-refractivity contribution in [1.82, 2.24) is 19.7 Å². The Balaban J connectivity index is 2.32. The molecule has 0 atom stereocenters. The minimum Gasteiger partial charge on any atom is -0.383 e. The SMILES string of the molecule is Cc1nc(C)c(-c2cc(-c3c(C)nn(C(C)C)c3C)c(C#N)c(N)n2)s1. The van der Waals surface area contributed by atoms with Gasteiger partial charge in [-0.25, -0.2) is 9.97 Å². The van der Waals surface area contributed by atoms with Gasteiger partial charge in [0.05, 0.1) is 27.0 Å². The highest BCUT2D eigenvalue weighted by Crippen LogP contribution is 2.37. The number of pyridine rings is 1. The number of nitrogens with zero attached hydrogens (tertiary/aromatic N) is 5. The number of nitriles is 1. The number of nitrogen functional groups attached to an aromatic ring is 1. The molecule has 0 aliphatic carbocycles. The van der Waals surface area contributed by atoms with E-state index in [0.717, 1.165) is 43.8 Å². The number of rotatable bonds is 3. The molecule has 26 heavy (non-hydrogen) atoms. The predicted octanol–water partition coefficient (Wildman–Crippen LogP) is 4.34. The number of hydrogen-bond acceptors (Lipinski definition) is 6. The molecule has 134 valence electrons. The first-order chi connectivity index (χ1) is 12.2. The van der Waals surface area contributed by atoms with Gasteiger partial charge in [0.25, 0.3) is 0 Å². The number of hydrogen-bond donors (Lipinski definition) is 1. The summed E-state index contributed by atoms with van der Waals surface area (Å²) in [6.45, 7) is 12.1. The van der Waals surface area contributed by atoms with E-state index in [-0.39, 0.29) is 11.9 Å². The lowest BCUT2D eigenvalue weighted by atomic mass is 9.98. The molecular weight excluding hydrogens is 344 g/mol. The van der Waals surface area contributed by atoms with Crippen LogP contribution in [0.15, 0.2) is 6.07 Å². The summed E-state index contributed by atoms with van der Waals surface area (Å²) in [7, 11) is 0. The molecule has 0 saturated heterocycles. The van der Waals surface area contributed by atoms with E-state index in [1.165, 1.54) is 0 Å². The van der Waals surface area contributed by atoms with Crippen LogP contribution >= 0.6 is 11.3 Å². The number of anilines is 1. The van der Waals surface area contributed by atoms with Gasteiger partial charge in [-0.1, -0.05) is 0 Å². The van der Waals surface area contributed by atoms with Crippen LogP contribution in [0.4, 0.5) is 5.82 Å². The van der Waals surface area contributed by atoms with E-state index in [4.69, 9.17) is 5.73 Å². The van der Waals surface area contributed by atoms with Crippen molar-refractivity contribution in [2.24, 2.45) is 0 Å². The first-order valence-electron chi connectivity index (χ1n) is 8.45. The first kappa shape index (κ1) is 18.1. The quantitative estimate of drug-likeness (QED) is 0.744. The molecule has 0 aliphatic heterocycles. The molecule has 0 radical (unpaired) electrons. The van der Waals surface area contributed by atoms with Crippen molar-refractivity contribution in [2.45, 2.75) is 47.6 Å². The standard InChI is InChI=1S/C19H22N6S/c1-9(2)25-12(5)17(10(3)24-25)14-7-16(23-19(21)15(14)8-20)18-11(4)22-13(6)26-18/h7,9H,1-6H3,(H2,21,23). The highest BCUT2D eigenvalue weighted by atomic mass is 32.1. The van der Waals surface area contributed by atoms with Crippen LogP contribution in [0.5, 0.6) is 0 Å². The minimum atomic E-state index is 0.234. The van der Waals surface area contributed by atoms with E-state index in [2.05, 4.69) is 35.0 Å². The maximum Gasteiger partial charge on any atom is 0.142 e. The van der Waals surface area contributed by atoms with Crippen LogP contribution in [0.25, 0.3) is 21.7 Å². The zero-order chi connectivity index (χ0) is 19.2. The van der Waals surface area contributed by atoms with Crippen LogP contribution in [-0.2, 0) is 0 Å². The normalized spacial score (nSPS) is 11.2. The van der Waals surface area contributed by atoms with Crippen LogP contribution in [0.2, 0.25) is 0 Å². The molecule has 3 rings (SSSR count). The monoisotopic (exact) mass is 366 g/mol. The number of aromatic nitrogens is 4. The maximum atomic E-state index is 9.67. The second kappa shape index (κ2) is 6.54. The lowest BCUT2D eigenvalue weighted by Crippen LogP contribution is -2.05. The van der Waals surface area contributed by atoms with Gasteiger partial charge >= 0.3 is 0 Å². The van der Waals surface area contributed by atoms with Gasteiger partial charge < -0.3 is 5.73 Å². The Morgan fingerprint density at radius 1 is 1.15 bits per heavy atom. The summed E-state index contributed by atoms with van der Waals surface area (Å²) in [5.41, 5.74) is 11.8. The second-order valence-electron chi connectivity index (χ2n) is 6.66. The van der Waals surface area contributed by atoms with E-state index in [0.29, 0.717) is 5.56 Å². The molecule has 6 nitrogen and oxygen atoms in total. The summed E-state index contributed by atoms with van der Waals surface area (Å²) in [6.07, 6.45) is 0. The average molecular weight is 366 g/mol. The summed E-state index contributed by atoms with van der Waals surface area (Å²) >= 11 is 1.58. The fraction of sp³-hybridized carbons (Fsp3) is 0.368. The molecule has 0 spiro atoms. The zero-order valence-electron chi connectivity index (χ0n) is 15.9. The van der Waals surface area contributed by atoms with Gasteiger partial charge in [-0.05, 0) is 47.6 Å². The average Bonchev–Trinajstić information content (AvgIpc) is 3.05. The topological polar surface area (TPSA) is 93.4 Å². The van der Waals surface area contributed by atoms with Crippen LogP contribution in [0.1, 0.15) is 47.5 Å². The Kier molecular flexibility index (Phi) is 4.55. The first-order valence-corrected chi connectivity index (χ1v) is 9.27. The van der Waals surface area contributed by atoms with E-state index < -0.39 is 0 Å². The molecule has 3 aromatic rings. The Labute approximate surface area is 157 Å². The summed E-state index contributed by atoms with van der Waals surface area (Å²) in [4.78, 5) is 9.93. The Hall–Kier alpha value is -2.72. The second-order valence-corrected chi connectivity index (χ2v) is 7.86. The van der Waals surface area contributed by atoms with Gasteiger partial charge in [0.2, 0.25) is 0 Å². The zero-order valence-corrected chi connectivity index (χ0v) is 16.7. The maximum absolute atomic E-state index is 9.67. The number of nitrogens with two attached hydrogens (primary N) is 1. The van der Waals surface area contributed by atoms with Gasteiger partial charge in [0.15, 0.2) is 0 Å². The minimum absolute atomic E-state index is 0.234. The molecule has 0 amide bonds. The molecule has 0 aliphatic rings. The molecule has 0 fully saturated rings. The van der Waals surface area contributed by atoms with Gasteiger partial charge in [-0.15, -0.1) is 11.3 Å². The van der Waals surface area contributed by atoms with Crippen molar-refractivity contribution < 1.29 is 0 Å². The van der Waals surface area contributed by atoms with Crippen molar-refractivity contribution in [2.75, 3.05) is 5.73 Å². The van der Waals surface area contributed by atoms with E-state index in [9.17, 15) is 5.26 Å². The third kappa shape index (κ3) is 2.86. The molecule has 7 heteroatoms.